The molecule has 0 spiro atoms. The zero-order valence-corrected chi connectivity index (χ0v) is 25.1. The summed E-state index contributed by atoms with van der Waals surface area (Å²) < 4.78 is 26.9. The lowest BCUT2D eigenvalue weighted by Crippen LogP contribution is -2.37. The third kappa shape index (κ3) is 4.15. The van der Waals surface area contributed by atoms with E-state index in [1.807, 2.05) is 36.4 Å². The first kappa shape index (κ1) is 25.0. The van der Waals surface area contributed by atoms with Crippen molar-refractivity contribution in [2.75, 3.05) is 0 Å². The minimum atomic E-state index is -1.03. The molecule has 6 aromatic carbocycles. The van der Waals surface area contributed by atoms with Crippen molar-refractivity contribution in [2.45, 2.75) is 0 Å². The monoisotopic (exact) mass is 608 g/mol. The highest BCUT2D eigenvalue weighted by atomic mass is 32.1. The molecule has 0 saturated heterocycles. The molecule has 3 aromatic heterocycles. The fourth-order valence-corrected chi connectivity index (χ4v) is 9.30. The Bertz CT molecular complexity index is 2200. The molecule has 0 bridgehead atoms. The van der Waals surface area contributed by atoms with Gasteiger partial charge >= 0.3 is 7.32 Å². The number of hydrogen-bond acceptors (Lipinski definition) is 6. The summed E-state index contributed by atoms with van der Waals surface area (Å²) in [5, 5.41) is 7.14. The van der Waals surface area contributed by atoms with Gasteiger partial charge in [-0.25, -0.2) is 0 Å². The highest BCUT2D eigenvalue weighted by Gasteiger charge is 2.33. The van der Waals surface area contributed by atoms with Gasteiger partial charge in [-0.15, -0.1) is 34.0 Å². The van der Waals surface area contributed by atoms with Gasteiger partial charge in [-0.05, 0) is 36.4 Å². The van der Waals surface area contributed by atoms with Crippen molar-refractivity contribution in [1.82, 2.24) is 0 Å². The van der Waals surface area contributed by atoms with Gasteiger partial charge in [-0.3, -0.25) is 0 Å². The second kappa shape index (κ2) is 10.0. The average molecular weight is 609 g/mol. The minimum Gasteiger partial charge on any atom is -0.488 e. The van der Waals surface area contributed by atoms with Crippen LogP contribution in [0.3, 0.4) is 0 Å². The Morgan fingerprint density at radius 3 is 0.977 bits per heavy atom. The fourth-order valence-electron chi connectivity index (χ4n) is 5.83. The molecular formula is C36H21BO3S3. The maximum absolute atomic E-state index is 6.69. The van der Waals surface area contributed by atoms with E-state index in [1.54, 1.807) is 34.0 Å². The quantitative estimate of drug-likeness (QED) is 0.176. The Kier molecular flexibility index (Phi) is 5.82. The molecule has 0 aliphatic carbocycles. The molecule has 204 valence electrons. The fraction of sp³-hybridized carbons (Fsp3) is 0. The molecule has 3 nitrogen and oxygen atoms in total. The van der Waals surface area contributed by atoms with Crippen molar-refractivity contribution in [3.05, 3.63) is 127 Å². The summed E-state index contributed by atoms with van der Waals surface area (Å²) in [5.74, 6) is 2.20. The number of hydrogen-bond donors (Lipinski definition) is 0. The molecule has 43 heavy (non-hydrogen) atoms. The Morgan fingerprint density at radius 1 is 0.326 bits per heavy atom. The molecule has 0 saturated carbocycles. The summed E-state index contributed by atoms with van der Waals surface area (Å²) in [7, 11) is -1.03. The molecule has 3 heterocycles. The first-order valence-corrected chi connectivity index (χ1v) is 16.5. The number of thiophene rings is 3. The summed E-state index contributed by atoms with van der Waals surface area (Å²) in [5.41, 5.74) is 0. The molecule has 0 atom stereocenters. The summed E-state index contributed by atoms with van der Waals surface area (Å²) in [4.78, 5) is 0. The van der Waals surface area contributed by atoms with E-state index in [2.05, 4.69) is 91.0 Å². The third-order valence-corrected chi connectivity index (χ3v) is 11.4. The number of fused-ring (bicyclic) bond motifs is 9. The van der Waals surface area contributed by atoms with Gasteiger partial charge in [0.05, 0.1) is 14.1 Å². The summed E-state index contributed by atoms with van der Waals surface area (Å²) in [6, 6.07) is 43.9. The van der Waals surface area contributed by atoms with Crippen LogP contribution in [0.25, 0.3) is 60.5 Å². The third-order valence-electron chi connectivity index (χ3n) is 7.77. The van der Waals surface area contributed by atoms with Crippen LogP contribution in [0.2, 0.25) is 0 Å². The van der Waals surface area contributed by atoms with Gasteiger partial charge in [0.25, 0.3) is 0 Å². The average Bonchev–Trinajstić information content (AvgIpc) is 3.74. The summed E-state index contributed by atoms with van der Waals surface area (Å²) in [6.07, 6.45) is 0. The van der Waals surface area contributed by atoms with Crippen molar-refractivity contribution in [3.63, 3.8) is 0 Å². The molecular weight excluding hydrogens is 587 g/mol. The van der Waals surface area contributed by atoms with Gasteiger partial charge in [0.2, 0.25) is 0 Å². The summed E-state index contributed by atoms with van der Waals surface area (Å²) in [6.45, 7) is 0. The highest BCUT2D eigenvalue weighted by molar-refractivity contribution is 7.27. The van der Waals surface area contributed by atoms with Gasteiger partial charge in [0, 0.05) is 46.4 Å². The van der Waals surface area contributed by atoms with E-state index in [0.717, 1.165) is 47.5 Å². The van der Waals surface area contributed by atoms with Gasteiger partial charge in [-0.2, -0.15) is 0 Å². The van der Waals surface area contributed by atoms with Crippen LogP contribution < -0.4 is 14.0 Å². The SMILES string of the molecule is c1ccc2c(c1)sc1c(OB(Oc3cccc4c3sc3ccccc34)Oc3cccc4c3sc3ccccc34)cccc12. The van der Waals surface area contributed by atoms with E-state index in [-0.39, 0.29) is 0 Å². The first-order chi connectivity index (χ1) is 21.3. The van der Waals surface area contributed by atoms with Crippen LogP contribution in [0.5, 0.6) is 17.2 Å². The van der Waals surface area contributed by atoms with E-state index < -0.39 is 7.32 Å². The molecule has 0 fully saturated rings. The largest absolute Gasteiger partial charge is 0.864 e. The van der Waals surface area contributed by atoms with E-state index in [1.165, 1.54) is 30.3 Å². The molecule has 0 unspecified atom stereocenters. The van der Waals surface area contributed by atoms with Crippen LogP contribution in [-0.2, 0) is 0 Å². The van der Waals surface area contributed by atoms with Crippen molar-refractivity contribution >= 4 is 102 Å². The number of rotatable bonds is 6. The van der Waals surface area contributed by atoms with Crippen LogP contribution in [0.1, 0.15) is 0 Å². The Morgan fingerprint density at radius 2 is 0.628 bits per heavy atom. The van der Waals surface area contributed by atoms with E-state index in [4.69, 9.17) is 14.0 Å². The molecule has 9 aromatic rings. The number of benzene rings is 6. The van der Waals surface area contributed by atoms with Crippen molar-refractivity contribution in [3.8, 4) is 17.2 Å². The molecule has 7 heteroatoms. The Balaban J connectivity index is 1.18. The van der Waals surface area contributed by atoms with Crippen LogP contribution in [-0.4, -0.2) is 7.32 Å². The smallest absolute Gasteiger partial charge is 0.488 e. The zero-order chi connectivity index (χ0) is 28.3. The molecule has 0 aliphatic heterocycles. The van der Waals surface area contributed by atoms with Crippen LogP contribution in [0, 0.1) is 0 Å². The maximum atomic E-state index is 6.69. The predicted molar refractivity (Wildman–Crippen MR) is 186 cm³/mol. The van der Waals surface area contributed by atoms with Crippen molar-refractivity contribution in [2.24, 2.45) is 0 Å². The van der Waals surface area contributed by atoms with E-state index >= 15 is 0 Å². The van der Waals surface area contributed by atoms with E-state index in [0.29, 0.717) is 0 Å². The molecule has 9 rings (SSSR count). The van der Waals surface area contributed by atoms with Crippen molar-refractivity contribution < 1.29 is 14.0 Å². The van der Waals surface area contributed by atoms with Crippen LogP contribution >= 0.6 is 34.0 Å². The first-order valence-electron chi connectivity index (χ1n) is 14.0. The normalized spacial score (nSPS) is 11.7. The van der Waals surface area contributed by atoms with Gasteiger partial charge in [0.1, 0.15) is 17.2 Å². The van der Waals surface area contributed by atoms with Gasteiger partial charge < -0.3 is 14.0 Å². The second-order valence-corrected chi connectivity index (χ2v) is 13.5. The van der Waals surface area contributed by atoms with Crippen LogP contribution in [0.15, 0.2) is 127 Å². The molecule has 0 radical (unpaired) electrons. The van der Waals surface area contributed by atoms with E-state index in [9.17, 15) is 0 Å². The van der Waals surface area contributed by atoms with Gasteiger partial charge in [0.15, 0.2) is 0 Å². The molecule has 0 N–H and O–H groups in total. The predicted octanol–water partition coefficient (Wildman–Crippen LogP) is 11.3. The van der Waals surface area contributed by atoms with Crippen molar-refractivity contribution in [1.29, 1.82) is 0 Å². The second-order valence-electron chi connectivity index (χ2n) is 10.3. The molecule has 0 amide bonds. The lowest BCUT2D eigenvalue weighted by molar-refractivity contribution is 0.312. The maximum Gasteiger partial charge on any atom is 0.864 e. The molecule has 0 aliphatic rings. The Hall–Kier alpha value is -4.56. The standard InChI is InChI=1S/C36H21BO3S3/c1-4-19-31-22(10-1)25-13-7-16-28(34(25)41-31)38-37(39-29-17-8-14-26-23-11-2-5-20-32(23)42-35(26)29)40-30-18-9-15-27-24-12-3-6-21-33(24)43-36(27)30/h1-21H. The van der Waals surface area contributed by atoms with Gasteiger partial charge in [-0.1, -0.05) is 91.0 Å². The Labute approximate surface area is 259 Å². The lowest BCUT2D eigenvalue weighted by atomic mass is 10.1. The lowest BCUT2D eigenvalue weighted by Gasteiger charge is -2.18. The van der Waals surface area contributed by atoms with Crippen LogP contribution in [0.4, 0.5) is 0 Å². The summed E-state index contributed by atoms with van der Waals surface area (Å²) >= 11 is 5.17. The zero-order valence-electron chi connectivity index (χ0n) is 22.7. The minimum absolute atomic E-state index is 0.732. The highest BCUT2D eigenvalue weighted by Crippen LogP contribution is 2.43. The topological polar surface area (TPSA) is 27.7 Å².